The molecule has 1 aliphatic heterocycles. The van der Waals surface area contributed by atoms with Crippen LogP contribution in [0.3, 0.4) is 0 Å². The number of nitrogens with zero attached hydrogens (tertiary/aromatic N) is 2. The SMILES string of the molecule is CC(C)(C(=O)Nc1ccccc1)n1cc(-c2ccc3c(c2)OCCO3)cn1. The predicted octanol–water partition coefficient (Wildman–Crippen LogP) is 3.70. The minimum Gasteiger partial charge on any atom is -0.486 e. The average Bonchev–Trinajstić information content (AvgIpc) is 3.19. The summed E-state index contributed by atoms with van der Waals surface area (Å²) in [6.07, 6.45) is 3.62. The lowest BCUT2D eigenvalue weighted by atomic mass is 10.0. The quantitative estimate of drug-likeness (QED) is 0.768. The van der Waals surface area contributed by atoms with Crippen LogP contribution in [0.2, 0.25) is 0 Å². The summed E-state index contributed by atoms with van der Waals surface area (Å²) in [4.78, 5) is 12.8. The molecule has 0 spiro atoms. The fourth-order valence-corrected chi connectivity index (χ4v) is 2.91. The Morgan fingerprint density at radius 3 is 2.56 bits per heavy atom. The molecule has 0 atom stereocenters. The summed E-state index contributed by atoms with van der Waals surface area (Å²) in [6.45, 7) is 4.79. The van der Waals surface area contributed by atoms with Crippen molar-refractivity contribution < 1.29 is 14.3 Å². The van der Waals surface area contributed by atoms with E-state index in [1.165, 1.54) is 0 Å². The summed E-state index contributed by atoms with van der Waals surface area (Å²) in [6, 6.07) is 15.2. The lowest BCUT2D eigenvalue weighted by molar-refractivity contribution is -0.123. The van der Waals surface area contributed by atoms with Crippen LogP contribution in [0.5, 0.6) is 11.5 Å². The third kappa shape index (κ3) is 3.38. The van der Waals surface area contributed by atoms with Gasteiger partial charge in [-0.1, -0.05) is 24.3 Å². The first kappa shape index (κ1) is 17.1. The van der Waals surface area contributed by atoms with Gasteiger partial charge in [0.2, 0.25) is 0 Å². The number of rotatable bonds is 4. The van der Waals surface area contributed by atoms with Crippen LogP contribution in [-0.2, 0) is 10.3 Å². The highest BCUT2D eigenvalue weighted by molar-refractivity contribution is 5.96. The second-order valence-corrected chi connectivity index (χ2v) is 6.91. The number of aromatic nitrogens is 2. The molecule has 138 valence electrons. The maximum atomic E-state index is 12.8. The zero-order valence-electron chi connectivity index (χ0n) is 15.3. The zero-order valence-corrected chi connectivity index (χ0v) is 15.3. The van der Waals surface area contributed by atoms with Crippen molar-refractivity contribution in [3.63, 3.8) is 0 Å². The van der Waals surface area contributed by atoms with E-state index in [0.29, 0.717) is 13.2 Å². The van der Waals surface area contributed by atoms with E-state index in [-0.39, 0.29) is 5.91 Å². The molecule has 2 aromatic carbocycles. The fraction of sp³-hybridized carbons (Fsp3) is 0.238. The van der Waals surface area contributed by atoms with Crippen LogP contribution >= 0.6 is 0 Å². The normalized spacial score (nSPS) is 13.3. The first-order valence-electron chi connectivity index (χ1n) is 8.86. The minimum atomic E-state index is -0.845. The fourth-order valence-electron chi connectivity index (χ4n) is 2.91. The van der Waals surface area contributed by atoms with Gasteiger partial charge >= 0.3 is 0 Å². The van der Waals surface area contributed by atoms with E-state index in [9.17, 15) is 4.79 Å². The number of hydrogen-bond donors (Lipinski definition) is 1. The van der Waals surface area contributed by atoms with Crippen LogP contribution in [0.1, 0.15) is 13.8 Å². The van der Waals surface area contributed by atoms with Crippen molar-refractivity contribution in [1.82, 2.24) is 9.78 Å². The number of nitrogens with one attached hydrogen (secondary N) is 1. The molecule has 0 saturated carbocycles. The predicted molar refractivity (Wildman–Crippen MR) is 103 cm³/mol. The van der Waals surface area contributed by atoms with Crippen LogP contribution in [0.25, 0.3) is 11.1 Å². The highest BCUT2D eigenvalue weighted by atomic mass is 16.6. The van der Waals surface area contributed by atoms with E-state index in [2.05, 4.69) is 10.4 Å². The van der Waals surface area contributed by atoms with E-state index in [0.717, 1.165) is 28.3 Å². The summed E-state index contributed by atoms with van der Waals surface area (Å²) >= 11 is 0. The summed E-state index contributed by atoms with van der Waals surface area (Å²) in [5.41, 5.74) is 1.79. The van der Waals surface area contributed by atoms with E-state index in [1.54, 1.807) is 10.9 Å². The lowest BCUT2D eigenvalue weighted by Crippen LogP contribution is -2.40. The minimum absolute atomic E-state index is 0.134. The van der Waals surface area contributed by atoms with Crippen LogP contribution in [0, 0.1) is 0 Å². The number of hydrogen-bond acceptors (Lipinski definition) is 4. The van der Waals surface area contributed by atoms with Gasteiger partial charge in [-0.05, 0) is 43.7 Å². The number of para-hydroxylation sites is 1. The van der Waals surface area contributed by atoms with Crippen molar-refractivity contribution in [2.75, 3.05) is 18.5 Å². The van der Waals surface area contributed by atoms with Crippen molar-refractivity contribution in [3.8, 4) is 22.6 Å². The lowest BCUT2D eigenvalue weighted by Gasteiger charge is -2.24. The van der Waals surface area contributed by atoms with Gasteiger partial charge < -0.3 is 14.8 Å². The number of amides is 1. The van der Waals surface area contributed by atoms with Crippen LogP contribution < -0.4 is 14.8 Å². The maximum absolute atomic E-state index is 12.8. The van der Waals surface area contributed by atoms with Gasteiger partial charge in [-0.3, -0.25) is 9.48 Å². The van der Waals surface area contributed by atoms with Gasteiger partial charge in [0, 0.05) is 17.4 Å². The maximum Gasteiger partial charge on any atom is 0.251 e. The van der Waals surface area contributed by atoms with E-state index >= 15 is 0 Å². The molecule has 1 N–H and O–H groups in total. The molecule has 2 heterocycles. The topological polar surface area (TPSA) is 65.4 Å². The zero-order chi connectivity index (χ0) is 18.9. The molecule has 3 aromatic rings. The van der Waals surface area contributed by atoms with Crippen LogP contribution in [0.4, 0.5) is 5.69 Å². The summed E-state index contributed by atoms with van der Waals surface area (Å²) in [5, 5.41) is 7.36. The molecule has 1 aliphatic rings. The van der Waals surface area contributed by atoms with Crippen LogP contribution in [-0.4, -0.2) is 28.9 Å². The largest absolute Gasteiger partial charge is 0.486 e. The van der Waals surface area contributed by atoms with Gasteiger partial charge in [0.1, 0.15) is 18.8 Å². The van der Waals surface area contributed by atoms with Crippen molar-refractivity contribution in [2.45, 2.75) is 19.4 Å². The molecule has 1 amide bonds. The Hall–Kier alpha value is -3.28. The Morgan fingerprint density at radius 1 is 1.04 bits per heavy atom. The molecular formula is C21H21N3O3. The van der Waals surface area contributed by atoms with E-state index < -0.39 is 5.54 Å². The first-order valence-corrected chi connectivity index (χ1v) is 8.86. The molecule has 0 unspecified atom stereocenters. The average molecular weight is 363 g/mol. The third-order valence-corrected chi connectivity index (χ3v) is 4.62. The summed E-state index contributed by atoms with van der Waals surface area (Å²) < 4.78 is 12.9. The van der Waals surface area contributed by atoms with Crippen molar-refractivity contribution in [3.05, 3.63) is 60.9 Å². The van der Waals surface area contributed by atoms with Crippen molar-refractivity contribution in [1.29, 1.82) is 0 Å². The van der Waals surface area contributed by atoms with Gasteiger partial charge in [-0.15, -0.1) is 0 Å². The Kier molecular flexibility index (Phi) is 4.32. The second kappa shape index (κ2) is 6.79. The second-order valence-electron chi connectivity index (χ2n) is 6.91. The standard InChI is InChI=1S/C21H21N3O3/c1-21(2,20(25)23-17-6-4-3-5-7-17)24-14-16(13-22-24)15-8-9-18-19(12-15)27-11-10-26-18/h3-9,12-14H,10-11H2,1-2H3,(H,23,25). The van der Waals surface area contributed by atoms with Gasteiger partial charge in [0.25, 0.3) is 5.91 Å². The van der Waals surface area contributed by atoms with E-state index in [1.807, 2.05) is 68.6 Å². The molecule has 4 rings (SSSR count). The van der Waals surface area contributed by atoms with Gasteiger partial charge in [-0.2, -0.15) is 5.10 Å². The highest BCUT2D eigenvalue weighted by Gasteiger charge is 2.31. The number of benzene rings is 2. The molecule has 6 nitrogen and oxygen atoms in total. The number of carbonyl (C=O) groups excluding carboxylic acids is 1. The summed E-state index contributed by atoms with van der Waals surface area (Å²) in [5.74, 6) is 1.35. The molecule has 1 aromatic heterocycles. The molecule has 6 heteroatoms. The first-order chi connectivity index (χ1) is 13.0. The molecule has 0 saturated heterocycles. The highest BCUT2D eigenvalue weighted by Crippen LogP contribution is 2.34. The molecule has 0 bridgehead atoms. The Bertz CT molecular complexity index is 964. The van der Waals surface area contributed by atoms with Gasteiger partial charge in [-0.25, -0.2) is 0 Å². The van der Waals surface area contributed by atoms with E-state index in [4.69, 9.17) is 9.47 Å². The van der Waals surface area contributed by atoms with Crippen molar-refractivity contribution >= 4 is 11.6 Å². The molecule has 0 radical (unpaired) electrons. The van der Waals surface area contributed by atoms with Gasteiger partial charge in [0.15, 0.2) is 11.5 Å². The van der Waals surface area contributed by atoms with Crippen molar-refractivity contribution in [2.24, 2.45) is 0 Å². The monoisotopic (exact) mass is 363 g/mol. The molecular weight excluding hydrogens is 342 g/mol. The number of carbonyl (C=O) groups is 1. The molecule has 0 fully saturated rings. The van der Waals surface area contributed by atoms with Crippen LogP contribution in [0.15, 0.2) is 60.9 Å². The number of anilines is 1. The Balaban J connectivity index is 1.57. The number of fused-ring (bicyclic) bond motifs is 1. The Labute approximate surface area is 157 Å². The number of ether oxygens (including phenoxy) is 2. The molecule has 27 heavy (non-hydrogen) atoms. The smallest absolute Gasteiger partial charge is 0.251 e. The van der Waals surface area contributed by atoms with Gasteiger partial charge in [0.05, 0.1) is 6.20 Å². The Morgan fingerprint density at radius 2 is 1.78 bits per heavy atom. The third-order valence-electron chi connectivity index (χ3n) is 4.62. The molecule has 0 aliphatic carbocycles. The summed E-state index contributed by atoms with van der Waals surface area (Å²) in [7, 11) is 0.